The van der Waals surface area contributed by atoms with E-state index in [0.29, 0.717) is 5.41 Å². The molecule has 0 unspecified atom stereocenters. The molecular formula is C21H30N2O2. The molecule has 0 aromatic carbocycles. The molecule has 136 valence electrons. The Hall–Kier alpha value is -1.58. The third kappa shape index (κ3) is 3.54. The van der Waals surface area contributed by atoms with Gasteiger partial charge >= 0.3 is 6.09 Å². The van der Waals surface area contributed by atoms with Crippen LogP contribution in [0.4, 0.5) is 4.79 Å². The van der Waals surface area contributed by atoms with Crippen LogP contribution in [-0.2, 0) is 24.0 Å². The van der Waals surface area contributed by atoms with Gasteiger partial charge in [0, 0.05) is 29.9 Å². The number of amides is 1. The van der Waals surface area contributed by atoms with E-state index in [1.165, 1.54) is 49.1 Å². The van der Waals surface area contributed by atoms with E-state index < -0.39 is 5.60 Å². The van der Waals surface area contributed by atoms with Crippen molar-refractivity contribution in [3.63, 3.8) is 0 Å². The zero-order valence-corrected chi connectivity index (χ0v) is 15.8. The fourth-order valence-corrected chi connectivity index (χ4v) is 4.82. The number of hydrogen-bond acceptors (Lipinski definition) is 3. The Morgan fingerprint density at radius 3 is 2.68 bits per heavy atom. The van der Waals surface area contributed by atoms with E-state index in [4.69, 9.17) is 9.72 Å². The molecule has 1 aromatic heterocycles. The molecule has 1 aliphatic heterocycles. The van der Waals surface area contributed by atoms with Crippen LogP contribution in [0.5, 0.6) is 0 Å². The van der Waals surface area contributed by atoms with Gasteiger partial charge in [-0.3, -0.25) is 4.98 Å². The largest absolute Gasteiger partial charge is 0.444 e. The SMILES string of the molecule is CC(C)(C)OC(=O)N1CC2(CC(Cc3ccc4c(n3)CCCC4)C2)C1. The molecule has 25 heavy (non-hydrogen) atoms. The van der Waals surface area contributed by atoms with Crippen LogP contribution in [0, 0.1) is 11.3 Å². The van der Waals surface area contributed by atoms with Gasteiger partial charge in [0.25, 0.3) is 0 Å². The molecule has 1 aromatic rings. The van der Waals surface area contributed by atoms with Crippen LogP contribution in [0.3, 0.4) is 0 Å². The predicted octanol–water partition coefficient (Wildman–Crippen LogP) is 4.15. The molecule has 0 radical (unpaired) electrons. The number of rotatable bonds is 2. The predicted molar refractivity (Wildman–Crippen MR) is 97.5 cm³/mol. The van der Waals surface area contributed by atoms with Crippen LogP contribution in [0.25, 0.3) is 0 Å². The Morgan fingerprint density at radius 1 is 1.24 bits per heavy atom. The molecule has 1 amide bonds. The van der Waals surface area contributed by atoms with Crippen molar-refractivity contribution in [1.29, 1.82) is 0 Å². The molecule has 0 atom stereocenters. The average Bonchev–Trinajstić information content (AvgIpc) is 2.46. The van der Waals surface area contributed by atoms with E-state index in [0.717, 1.165) is 31.8 Å². The molecule has 1 spiro atoms. The number of carbonyl (C=O) groups is 1. The topological polar surface area (TPSA) is 42.4 Å². The second kappa shape index (κ2) is 6.00. The van der Waals surface area contributed by atoms with Crippen molar-refractivity contribution in [1.82, 2.24) is 9.88 Å². The maximum absolute atomic E-state index is 12.1. The Kier molecular flexibility index (Phi) is 4.04. The summed E-state index contributed by atoms with van der Waals surface area (Å²) in [6.45, 7) is 7.51. The van der Waals surface area contributed by atoms with Gasteiger partial charge in [0.2, 0.25) is 0 Å². The van der Waals surface area contributed by atoms with Crippen molar-refractivity contribution in [2.75, 3.05) is 13.1 Å². The zero-order chi connectivity index (χ0) is 17.7. The Bertz CT molecular complexity index is 663. The molecular weight excluding hydrogens is 312 g/mol. The summed E-state index contributed by atoms with van der Waals surface area (Å²) in [5, 5.41) is 0. The summed E-state index contributed by atoms with van der Waals surface area (Å²) < 4.78 is 5.46. The standard InChI is InChI=1S/C21H30N2O2/c1-20(2,3)25-19(24)23-13-21(14-23)11-15(12-21)10-17-9-8-16-6-4-5-7-18(16)22-17/h8-9,15H,4-7,10-14H2,1-3H3. The summed E-state index contributed by atoms with van der Waals surface area (Å²) in [6, 6.07) is 4.54. The van der Waals surface area contributed by atoms with Gasteiger partial charge in [0.05, 0.1) is 0 Å². The number of hydrogen-bond donors (Lipinski definition) is 0. The van der Waals surface area contributed by atoms with Crippen LogP contribution in [0.15, 0.2) is 12.1 Å². The van der Waals surface area contributed by atoms with E-state index in [2.05, 4.69) is 12.1 Å². The summed E-state index contributed by atoms with van der Waals surface area (Å²) >= 11 is 0. The van der Waals surface area contributed by atoms with E-state index in [1.54, 1.807) is 0 Å². The smallest absolute Gasteiger partial charge is 0.410 e. The summed E-state index contributed by atoms with van der Waals surface area (Å²) in [7, 11) is 0. The maximum Gasteiger partial charge on any atom is 0.410 e. The van der Waals surface area contributed by atoms with Gasteiger partial charge in [-0.2, -0.15) is 0 Å². The fourth-order valence-electron chi connectivity index (χ4n) is 4.82. The molecule has 2 heterocycles. The van der Waals surface area contributed by atoms with Gasteiger partial charge in [-0.25, -0.2) is 4.79 Å². The van der Waals surface area contributed by atoms with Crippen LogP contribution < -0.4 is 0 Å². The molecule has 4 rings (SSSR count). The fraction of sp³-hybridized carbons (Fsp3) is 0.714. The van der Waals surface area contributed by atoms with Gasteiger partial charge in [0.15, 0.2) is 0 Å². The monoisotopic (exact) mass is 342 g/mol. The minimum Gasteiger partial charge on any atom is -0.444 e. The summed E-state index contributed by atoms with van der Waals surface area (Å²) in [5.74, 6) is 0.731. The van der Waals surface area contributed by atoms with Crippen LogP contribution in [-0.4, -0.2) is 34.7 Å². The maximum atomic E-state index is 12.1. The number of ether oxygens (including phenoxy) is 1. The zero-order valence-electron chi connectivity index (χ0n) is 15.8. The minimum atomic E-state index is -0.403. The highest BCUT2D eigenvalue weighted by Gasteiger charge is 2.54. The number of nitrogens with zero attached hydrogens (tertiary/aromatic N) is 2. The quantitative estimate of drug-likeness (QED) is 0.811. The summed E-state index contributed by atoms with van der Waals surface area (Å²) in [4.78, 5) is 18.9. The molecule has 2 aliphatic carbocycles. The molecule has 0 bridgehead atoms. The van der Waals surface area contributed by atoms with Crippen molar-refractivity contribution < 1.29 is 9.53 Å². The molecule has 1 saturated carbocycles. The van der Waals surface area contributed by atoms with Crippen molar-refractivity contribution in [2.45, 2.75) is 71.3 Å². The molecule has 1 saturated heterocycles. The highest BCUT2D eigenvalue weighted by molar-refractivity contribution is 5.69. The number of aromatic nitrogens is 1. The van der Waals surface area contributed by atoms with Gasteiger partial charge in [-0.15, -0.1) is 0 Å². The molecule has 2 fully saturated rings. The lowest BCUT2D eigenvalue weighted by Crippen LogP contribution is -2.64. The van der Waals surface area contributed by atoms with Crippen LogP contribution in [0.2, 0.25) is 0 Å². The number of carbonyl (C=O) groups excluding carboxylic acids is 1. The second-order valence-electron chi connectivity index (χ2n) is 9.43. The van der Waals surface area contributed by atoms with Crippen LogP contribution in [0.1, 0.15) is 63.4 Å². The van der Waals surface area contributed by atoms with Gasteiger partial charge in [-0.1, -0.05) is 6.07 Å². The van der Waals surface area contributed by atoms with E-state index >= 15 is 0 Å². The first-order valence-corrected chi connectivity index (χ1v) is 9.78. The van der Waals surface area contributed by atoms with E-state index in [1.807, 2.05) is 25.7 Å². The van der Waals surface area contributed by atoms with Gasteiger partial charge < -0.3 is 9.64 Å². The number of pyridine rings is 1. The first kappa shape index (κ1) is 16.9. The number of aryl methyl sites for hydroxylation is 2. The van der Waals surface area contributed by atoms with Gasteiger partial charge in [0.1, 0.15) is 5.60 Å². The number of likely N-dealkylation sites (tertiary alicyclic amines) is 1. The average molecular weight is 342 g/mol. The minimum absolute atomic E-state index is 0.155. The second-order valence-corrected chi connectivity index (χ2v) is 9.43. The van der Waals surface area contributed by atoms with Gasteiger partial charge in [-0.05, 0) is 83.3 Å². The van der Waals surface area contributed by atoms with E-state index in [9.17, 15) is 4.79 Å². The lowest BCUT2D eigenvalue weighted by atomic mass is 9.57. The van der Waals surface area contributed by atoms with E-state index in [-0.39, 0.29) is 6.09 Å². The number of fused-ring (bicyclic) bond motifs is 1. The summed E-state index contributed by atoms with van der Waals surface area (Å²) in [5.41, 5.74) is 4.05. The lowest BCUT2D eigenvalue weighted by molar-refractivity contribution is -0.0949. The Labute approximate surface area is 151 Å². The first-order valence-electron chi connectivity index (χ1n) is 9.78. The lowest BCUT2D eigenvalue weighted by Gasteiger charge is -2.58. The molecule has 4 heteroatoms. The molecule has 4 nitrogen and oxygen atoms in total. The van der Waals surface area contributed by atoms with Crippen molar-refractivity contribution in [3.8, 4) is 0 Å². The van der Waals surface area contributed by atoms with Crippen LogP contribution >= 0.6 is 0 Å². The third-order valence-corrected chi connectivity index (χ3v) is 5.88. The normalized spacial score (nSPS) is 22.1. The summed E-state index contributed by atoms with van der Waals surface area (Å²) in [6.07, 6.45) is 8.36. The molecule has 0 N–H and O–H groups in total. The Balaban J connectivity index is 1.26. The first-order chi connectivity index (χ1) is 11.8. The van der Waals surface area contributed by atoms with Crippen molar-refractivity contribution in [3.05, 3.63) is 29.1 Å². The molecule has 3 aliphatic rings. The highest BCUT2D eigenvalue weighted by Crippen LogP contribution is 2.53. The highest BCUT2D eigenvalue weighted by atomic mass is 16.6. The van der Waals surface area contributed by atoms with Crippen molar-refractivity contribution in [2.24, 2.45) is 11.3 Å². The third-order valence-electron chi connectivity index (χ3n) is 5.88. The Morgan fingerprint density at radius 2 is 1.96 bits per heavy atom. The van der Waals surface area contributed by atoms with Crippen molar-refractivity contribution >= 4 is 6.09 Å².